The van der Waals surface area contributed by atoms with Crippen LogP contribution < -0.4 is 0 Å². The molecule has 2 amide bonds. The average Bonchev–Trinajstić information content (AvgIpc) is 2.95. The van der Waals surface area contributed by atoms with Gasteiger partial charge in [0.2, 0.25) is 5.91 Å². The molecule has 130 valence electrons. The van der Waals surface area contributed by atoms with Crippen molar-refractivity contribution in [1.82, 2.24) is 4.90 Å². The van der Waals surface area contributed by atoms with Crippen molar-refractivity contribution < 1.29 is 14.3 Å². The second kappa shape index (κ2) is 7.58. The summed E-state index contributed by atoms with van der Waals surface area (Å²) in [5.41, 5.74) is 1.74. The minimum absolute atomic E-state index is 0.209. The SMILES string of the molecule is C[C@@H](C(=O)N1C(=O)OC[C@H]1Cc1ccccc1)c1ccc(Br)cc1Cl. The first-order valence-electron chi connectivity index (χ1n) is 7.96. The number of carbonyl (C=O) groups excluding carboxylic acids is 2. The smallest absolute Gasteiger partial charge is 0.417 e. The van der Waals surface area contributed by atoms with E-state index in [0.717, 1.165) is 10.0 Å². The van der Waals surface area contributed by atoms with Crippen LogP contribution in [0.5, 0.6) is 0 Å². The highest BCUT2D eigenvalue weighted by Crippen LogP contribution is 2.30. The molecule has 0 aromatic heterocycles. The molecule has 4 nitrogen and oxygen atoms in total. The summed E-state index contributed by atoms with van der Waals surface area (Å²) in [6.45, 7) is 1.96. The normalized spacial score (nSPS) is 18.1. The van der Waals surface area contributed by atoms with E-state index in [1.807, 2.05) is 36.4 Å². The molecule has 6 heteroatoms. The topological polar surface area (TPSA) is 46.6 Å². The molecule has 3 rings (SSSR count). The van der Waals surface area contributed by atoms with Crippen molar-refractivity contribution >= 4 is 39.5 Å². The van der Waals surface area contributed by atoms with Crippen LogP contribution >= 0.6 is 27.5 Å². The number of hydrogen-bond acceptors (Lipinski definition) is 3. The Morgan fingerprint density at radius 1 is 1.32 bits per heavy atom. The van der Waals surface area contributed by atoms with E-state index in [-0.39, 0.29) is 18.6 Å². The fourth-order valence-corrected chi connectivity index (χ4v) is 3.80. The lowest BCUT2D eigenvalue weighted by atomic mass is 9.98. The quantitative estimate of drug-likeness (QED) is 0.711. The zero-order chi connectivity index (χ0) is 18.0. The number of benzene rings is 2. The molecule has 0 unspecified atom stereocenters. The lowest BCUT2D eigenvalue weighted by Crippen LogP contribution is -2.42. The van der Waals surface area contributed by atoms with Crippen LogP contribution in [0.3, 0.4) is 0 Å². The van der Waals surface area contributed by atoms with Crippen LogP contribution in [-0.2, 0) is 16.0 Å². The molecule has 1 aliphatic heterocycles. The molecule has 0 spiro atoms. The van der Waals surface area contributed by atoms with Gasteiger partial charge in [0.25, 0.3) is 0 Å². The zero-order valence-electron chi connectivity index (χ0n) is 13.6. The lowest BCUT2D eigenvalue weighted by Gasteiger charge is -2.23. The Morgan fingerprint density at radius 2 is 2.04 bits per heavy atom. The summed E-state index contributed by atoms with van der Waals surface area (Å²) >= 11 is 9.61. The molecular weight excluding hydrogens is 406 g/mol. The predicted octanol–water partition coefficient (Wildman–Crippen LogP) is 4.80. The molecule has 1 saturated heterocycles. The largest absolute Gasteiger partial charge is 0.447 e. The molecule has 0 N–H and O–H groups in total. The summed E-state index contributed by atoms with van der Waals surface area (Å²) in [7, 11) is 0. The standard InChI is InChI=1S/C19H17BrClNO3/c1-12(16-8-7-14(20)10-17(16)21)18(23)22-15(11-25-19(22)24)9-13-5-3-2-4-6-13/h2-8,10,12,15H,9,11H2,1H3/t12-,15-/m1/s1. The van der Waals surface area contributed by atoms with Crippen LogP contribution in [0.1, 0.15) is 24.0 Å². The Balaban J connectivity index is 1.81. The van der Waals surface area contributed by atoms with Crippen molar-refractivity contribution in [3.8, 4) is 0 Å². The minimum Gasteiger partial charge on any atom is -0.447 e. The van der Waals surface area contributed by atoms with Gasteiger partial charge in [0.1, 0.15) is 6.61 Å². The molecule has 1 heterocycles. The van der Waals surface area contributed by atoms with E-state index in [0.29, 0.717) is 17.0 Å². The Bertz CT molecular complexity index is 797. The first-order chi connectivity index (χ1) is 12.0. The molecule has 0 saturated carbocycles. The van der Waals surface area contributed by atoms with Gasteiger partial charge in [-0.25, -0.2) is 9.69 Å². The van der Waals surface area contributed by atoms with Crippen LogP contribution in [0.25, 0.3) is 0 Å². The molecule has 0 bridgehead atoms. The number of nitrogens with zero attached hydrogens (tertiary/aromatic N) is 1. The van der Waals surface area contributed by atoms with Crippen molar-refractivity contribution in [2.45, 2.75) is 25.3 Å². The van der Waals surface area contributed by atoms with Gasteiger partial charge in [-0.3, -0.25) is 4.79 Å². The Morgan fingerprint density at radius 3 is 2.72 bits per heavy atom. The van der Waals surface area contributed by atoms with Crippen molar-refractivity contribution in [1.29, 1.82) is 0 Å². The number of amides is 2. The number of cyclic esters (lactones) is 1. The van der Waals surface area contributed by atoms with Crippen LogP contribution in [0.2, 0.25) is 5.02 Å². The van der Waals surface area contributed by atoms with Gasteiger partial charge < -0.3 is 4.74 Å². The average molecular weight is 423 g/mol. The zero-order valence-corrected chi connectivity index (χ0v) is 16.0. The van der Waals surface area contributed by atoms with Gasteiger partial charge in [-0.2, -0.15) is 0 Å². The number of hydrogen-bond donors (Lipinski definition) is 0. The summed E-state index contributed by atoms with van der Waals surface area (Å²) in [6.07, 6.45) is -0.0231. The number of carbonyl (C=O) groups is 2. The third kappa shape index (κ3) is 3.88. The van der Waals surface area contributed by atoms with Crippen molar-refractivity contribution in [3.63, 3.8) is 0 Å². The highest BCUT2D eigenvalue weighted by molar-refractivity contribution is 9.10. The van der Waals surface area contributed by atoms with Gasteiger partial charge in [0.05, 0.1) is 12.0 Å². The first kappa shape index (κ1) is 18.0. The third-order valence-electron chi connectivity index (χ3n) is 4.31. The Hall–Kier alpha value is -1.85. The molecule has 25 heavy (non-hydrogen) atoms. The highest BCUT2D eigenvalue weighted by Gasteiger charge is 2.40. The molecule has 1 aliphatic rings. The van der Waals surface area contributed by atoms with Crippen LogP contribution in [-0.4, -0.2) is 29.5 Å². The van der Waals surface area contributed by atoms with E-state index >= 15 is 0 Å². The van der Waals surface area contributed by atoms with E-state index in [9.17, 15) is 9.59 Å². The van der Waals surface area contributed by atoms with Crippen molar-refractivity contribution in [2.75, 3.05) is 6.61 Å². The van der Waals surface area contributed by atoms with E-state index in [2.05, 4.69) is 15.9 Å². The van der Waals surface area contributed by atoms with Gasteiger partial charge in [-0.05, 0) is 36.6 Å². The van der Waals surface area contributed by atoms with E-state index in [1.165, 1.54) is 4.90 Å². The maximum atomic E-state index is 12.9. The maximum Gasteiger partial charge on any atom is 0.417 e. The van der Waals surface area contributed by atoms with Gasteiger partial charge in [-0.1, -0.05) is 63.9 Å². The number of halogens is 2. The molecule has 2 atom stereocenters. The number of rotatable bonds is 4. The van der Waals surface area contributed by atoms with Crippen LogP contribution in [0.4, 0.5) is 4.79 Å². The molecule has 2 aromatic rings. The number of ether oxygens (including phenoxy) is 1. The van der Waals surface area contributed by atoms with E-state index < -0.39 is 12.0 Å². The van der Waals surface area contributed by atoms with Gasteiger partial charge in [0.15, 0.2) is 0 Å². The van der Waals surface area contributed by atoms with Gasteiger partial charge in [-0.15, -0.1) is 0 Å². The monoisotopic (exact) mass is 421 g/mol. The minimum atomic E-state index is -0.592. The first-order valence-corrected chi connectivity index (χ1v) is 9.13. The summed E-state index contributed by atoms with van der Waals surface area (Å²) in [5.74, 6) is -0.836. The highest BCUT2D eigenvalue weighted by atomic mass is 79.9. The van der Waals surface area contributed by atoms with E-state index in [1.54, 1.807) is 19.1 Å². The Kier molecular flexibility index (Phi) is 5.45. The Labute approximate surface area is 159 Å². The molecular formula is C19H17BrClNO3. The molecule has 0 radical (unpaired) electrons. The fourth-order valence-electron chi connectivity index (χ4n) is 2.96. The molecule has 0 aliphatic carbocycles. The molecule has 1 fully saturated rings. The molecule has 2 aromatic carbocycles. The summed E-state index contributed by atoms with van der Waals surface area (Å²) in [5, 5.41) is 0.488. The second-order valence-corrected chi connectivity index (χ2v) is 7.34. The van der Waals surface area contributed by atoms with E-state index in [4.69, 9.17) is 16.3 Å². The predicted molar refractivity (Wildman–Crippen MR) is 99.7 cm³/mol. The lowest BCUT2D eigenvalue weighted by molar-refractivity contribution is -0.130. The van der Waals surface area contributed by atoms with Crippen LogP contribution in [0, 0.1) is 0 Å². The van der Waals surface area contributed by atoms with Crippen LogP contribution in [0.15, 0.2) is 53.0 Å². The second-order valence-electron chi connectivity index (χ2n) is 6.02. The summed E-state index contributed by atoms with van der Waals surface area (Å²) in [6, 6.07) is 14.8. The third-order valence-corrected chi connectivity index (χ3v) is 5.13. The fraction of sp³-hybridized carbons (Fsp3) is 0.263. The van der Waals surface area contributed by atoms with Crippen molar-refractivity contribution in [3.05, 3.63) is 69.2 Å². The van der Waals surface area contributed by atoms with Crippen molar-refractivity contribution in [2.24, 2.45) is 0 Å². The van der Waals surface area contributed by atoms with Gasteiger partial charge in [0, 0.05) is 9.50 Å². The summed E-state index contributed by atoms with van der Waals surface area (Å²) < 4.78 is 5.97. The number of imide groups is 1. The summed E-state index contributed by atoms with van der Waals surface area (Å²) in [4.78, 5) is 26.3. The van der Waals surface area contributed by atoms with Gasteiger partial charge >= 0.3 is 6.09 Å². The maximum absolute atomic E-state index is 12.9.